The van der Waals surface area contributed by atoms with Crippen LogP contribution in [0.2, 0.25) is 0 Å². The number of hydrogen-bond donors (Lipinski definition) is 1. The highest BCUT2D eigenvalue weighted by Crippen LogP contribution is 2.65. The molecule has 0 aromatic carbocycles. The van der Waals surface area contributed by atoms with Crippen molar-refractivity contribution < 1.29 is 14.4 Å². The van der Waals surface area contributed by atoms with E-state index in [1.54, 1.807) is 0 Å². The van der Waals surface area contributed by atoms with Crippen LogP contribution >= 0.6 is 0 Å². The van der Waals surface area contributed by atoms with Gasteiger partial charge in [0.25, 0.3) is 0 Å². The van der Waals surface area contributed by atoms with Gasteiger partial charge in [0.1, 0.15) is 6.54 Å². The highest BCUT2D eigenvalue weighted by molar-refractivity contribution is 6.08. The molecule has 0 radical (unpaired) electrons. The molecule has 5 nitrogen and oxygen atoms in total. The predicted molar refractivity (Wildman–Crippen MR) is 91.0 cm³/mol. The van der Waals surface area contributed by atoms with Crippen LogP contribution in [-0.2, 0) is 14.4 Å². The summed E-state index contributed by atoms with van der Waals surface area (Å²) in [6, 6.07) is 0.204. The van der Waals surface area contributed by atoms with Crippen molar-refractivity contribution in [2.45, 2.75) is 51.0 Å². The lowest BCUT2D eigenvalue weighted by Gasteiger charge is -2.37. The van der Waals surface area contributed by atoms with Crippen LogP contribution in [0.5, 0.6) is 0 Å². The Labute approximate surface area is 148 Å². The Balaban J connectivity index is 1.27. The van der Waals surface area contributed by atoms with Crippen molar-refractivity contribution in [1.29, 1.82) is 0 Å². The lowest BCUT2D eigenvalue weighted by Crippen LogP contribution is -2.44. The van der Waals surface area contributed by atoms with Crippen LogP contribution in [0, 0.1) is 35.5 Å². The first-order valence-corrected chi connectivity index (χ1v) is 9.98. The lowest BCUT2D eigenvalue weighted by atomic mass is 9.63. The highest BCUT2D eigenvalue weighted by Gasteiger charge is 2.67. The summed E-state index contributed by atoms with van der Waals surface area (Å²) in [5, 5.41) is 3.06. The molecule has 5 heteroatoms. The molecule has 6 rings (SSSR count). The average molecular weight is 342 g/mol. The summed E-state index contributed by atoms with van der Waals surface area (Å²) in [6.45, 7) is -0.0874. The van der Waals surface area contributed by atoms with Crippen molar-refractivity contribution in [3.63, 3.8) is 0 Å². The minimum Gasteiger partial charge on any atom is -0.352 e. The number of allylic oxidation sites excluding steroid dienone is 2. The van der Waals surface area contributed by atoms with E-state index < -0.39 is 0 Å². The van der Waals surface area contributed by atoms with Crippen LogP contribution in [0.4, 0.5) is 0 Å². The maximum atomic E-state index is 12.9. The first kappa shape index (κ1) is 15.6. The summed E-state index contributed by atoms with van der Waals surface area (Å²) < 4.78 is 0. The lowest BCUT2D eigenvalue weighted by molar-refractivity contribution is -0.144. The Hall–Kier alpha value is -1.65. The molecule has 0 spiro atoms. The molecule has 6 aliphatic rings. The van der Waals surface area contributed by atoms with Gasteiger partial charge in [0.2, 0.25) is 17.7 Å². The number of carbonyl (C=O) groups excluding carboxylic acids is 3. The smallest absolute Gasteiger partial charge is 0.240 e. The molecule has 1 saturated heterocycles. The van der Waals surface area contributed by atoms with E-state index in [-0.39, 0.29) is 54.0 Å². The second-order valence-corrected chi connectivity index (χ2v) is 8.67. The van der Waals surface area contributed by atoms with Crippen LogP contribution in [0.15, 0.2) is 12.2 Å². The van der Waals surface area contributed by atoms with Gasteiger partial charge in [-0.3, -0.25) is 19.3 Å². The van der Waals surface area contributed by atoms with Gasteiger partial charge in [0, 0.05) is 6.04 Å². The maximum Gasteiger partial charge on any atom is 0.240 e. The zero-order valence-electron chi connectivity index (χ0n) is 14.5. The van der Waals surface area contributed by atoms with E-state index in [0.717, 1.165) is 32.1 Å². The number of nitrogens with zero attached hydrogens (tertiary/aromatic N) is 1. The molecule has 5 aliphatic carbocycles. The largest absolute Gasteiger partial charge is 0.352 e. The molecule has 4 fully saturated rings. The quantitative estimate of drug-likeness (QED) is 0.484. The molecule has 1 N–H and O–H groups in total. The summed E-state index contributed by atoms with van der Waals surface area (Å²) >= 11 is 0. The Morgan fingerprint density at radius 1 is 0.960 bits per heavy atom. The molecule has 1 heterocycles. The molecule has 3 saturated carbocycles. The third-order valence-corrected chi connectivity index (χ3v) is 7.28. The number of carbonyl (C=O) groups is 3. The fraction of sp³-hybridized carbons (Fsp3) is 0.750. The fourth-order valence-corrected chi connectivity index (χ4v) is 6.02. The predicted octanol–water partition coefficient (Wildman–Crippen LogP) is 1.88. The molecule has 1 aliphatic heterocycles. The molecule has 6 atom stereocenters. The maximum absolute atomic E-state index is 12.9. The molecular weight excluding hydrogens is 316 g/mol. The van der Waals surface area contributed by atoms with Crippen molar-refractivity contribution >= 4 is 17.7 Å². The third kappa shape index (κ3) is 2.38. The van der Waals surface area contributed by atoms with Crippen molar-refractivity contribution in [2.24, 2.45) is 35.5 Å². The highest BCUT2D eigenvalue weighted by atomic mass is 16.2. The van der Waals surface area contributed by atoms with Crippen molar-refractivity contribution in [1.82, 2.24) is 10.2 Å². The van der Waals surface area contributed by atoms with Gasteiger partial charge in [-0.2, -0.15) is 0 Å². The number of rotatable bonds is 3. The monoisotopic (exact) mass is 342 g/mol. The van der Waals surface area contributed by atoms with Crippen LogP contribution in [0.25, 0.3) is 0 Å². The van der Waals surface area contributed by atoms with Gasteiger partial charge < -0.3 is 5.32 Å². The second kappa shape index (κ2) is 5.68. The average Bonchev–Trinajstić information content (AvgIpc) is 3.40. The van der Waals surface area contributed by atoms with Gasteiger partial charge in [-0.05, 0) is 42.9 Å². The molecule has 134 valence electrons. The minimum absolute atomic E-state index is 0.0874. The second-order valence-electron chi connectivity index (χ2n) is 8.67. The van der Waals surface area contributed by atoms with Crippen molar-refractivity contribution in [3.8, 4) is 0 Å². The summed E-state index contributed by atoms with van der Waals surface area (Å²) in [5.41, 5.74) is 0. The summed E-state index contributed by atoms with van der Waals surface area (Å²) in [6.07, 6.45) is 12.3. The van der Waals surface area contributed by atoms with E-state index in [0.29, 0.717) is 11.8 Å². The van der Waals surface area contributed by atoms with Gasteiger partial charge in [-0.15, -0.1) is 0 Å². The van der Waals surface area contributed by atoms with E-state index in [1.807, 2.05) is 0 Å². The zero-order chi connectivity index (χ0) is 17.1. The summed E-state index contributed by atoms with van der Waals surface area (Å²) in [4.78, 5) is 39.5. The van der Waals surface area contributed by atoms with Crippen LogP contribution < -0.4 is 5.32 Å². The Bertz CT molecular complexity index is 613. The van der Waals surface area contributed by atoms with Gasteiger partial charge in [-0.25, -0.2) is 0 Å². The standard InChI is InChI=1S/C20H26N2O3/c23-16(21-11-5-3-1-2-4-6-11)10-22-19(24)17-12-7-8-13(15-9-14(12)15)18(17)20(22)25/h7-8,11-15,17-18H,1-6,9-10H2,(H,21,23)/t12-,13-,14-,15-,17-,18+/m0/s1. The molecule has 25 heavy (non-hydrogen) atoms. The number of amides is 3. The van der Waals surface area contributed by atoms with Gasteiger partial charge in [-0.1, -0.05) is 37.8 Å². The van der Waals surface area contributed by atoms with Crippen molar-refractivity contribution in [2.75, 3.05) is 6.54 Å². The van der Waals surface area contributed by atoms with Gasteiger partial charge in [0.05, 0.1) is 11.8 Å². The minimum atomic E-state index is -0.197. The molecule has 0 unspecified atom stereocenters. The van der Waals surface area contributed by atoms with E-state index in [1.165, 1.54) is 17.7 Å². The van der Waals surface area contributed by atoms with E-state index in [2.05, 4.69) is 17.5 Å². The van der Waals surface area contributed by atoms with Gasteiger partial charge in [0.15, 0.2) is 0 Å². The molecule has 2 bridgehead atoms. The Kier molecular flexibility index (Phi) is 3.54. The van der Waals surface area contributed by atoms with Crippen LogP contribution in [-0.4, -0.2) is 35.2 Å². The molecule has 0 aromatic rings. The number of nitrogens with one attached hydrogen (secondary N) is 1. The molecule has 0 aromatic heterocycles. The SMILES string of the molecule is O=C(CN1C(=O)[C@@H]2[C@H]3C=C[C@@H]([C@@H]4C[C@@H]34)[C@@H]2C1=O)NC1CCCCCC1. The van der Waals surface area contributed by atoms with Crippen LogP contribution in [0.3, 0.4) is 0 Å². The third-order valence-electron chi connectivity index (χ3n) is 7.28. The number of imide groups is 1. The topological polar surface area (TPSA) is 66.5 Å². The van der Waals surface area contributed by atoms with E-state index in [4.69, 9.17) is 0 Å². The Morgan fingerprint density at radius 2 is 1.52 bits per heavy atom. The molecular formula is C20H26N2O3. The first-order chi connectivity index (χ1) is 12.1. The zero-order valence-corrected chi connectivity index (χ0v) is 14.5. The Morgan fingerprint density at radius 3 is 2.08 bits per heavy atom. The van der Waals surface area contributed by atoms with Crippen molar-refractivity contribution in [3.05, 3.63) is 12.2 Å². The summed E-state index contributed by atoms with van der Waals surface area (Å²) in [5.74, 6) is 0.899. The first-order valence-electron chi connectivity index (χ1n) is 9.98. The number of hydrogen-bond acceptors (Lipinski definition) is 3. The van der Waals surface area contributed by atoms with E-state index >= 15 is 0 Å². The summed E-state index contributed by atoms with van der Waals surface area (Å²) in [7, 11) is 0. The van der Waals surface area contributed by atoms with Crippen LogP contribution in [0.1, 0.15) is 44.9 Å². The molecule has 3 amide bonds. The normalized spacial score (nSPS) is 42.2. The van der Waals surface area contributed by atoms with E-state index in [9.17, 15) is 14.4 Å². The van der Waals surface area contributed by atoms with Gasteiger partial charge >= 0.3 is 0 Å². The fourth-order valence-electron chi connectivity index (χ4n) is 6.02. The number of likely N-dealkylation sites (tertiary alicyclic amines) is 1.